The van der Waals surface area contributed by atoms with Crippen molar-refractivity contribution in [3.05, 3.63) is 72.4 Å². The van der Waals surface area contributed by atoms with Crippen LogP contribution >= 0.6 is 0 Å². The van der Waals surface area contributed by atoms with E-state index in [0.717, 1.165) is 11.1 Å². The number of pyridine rings is 1. The average molecular weight is 326 g/mol. The maximum Gasteiger partial charge on any atom is 0.321 e. The van der Waals surface area contributed by atoms with E-state index in [-0.39, 0.29) is 0 Å². The highest BCUT2D eigenvalue weighted by molar-refractivity contribution is 5.74. The molecule has 1 N–H and O–H groups in total. The highest BCUT2D eigenvalue weighted by Gasteiger charge is 2.25. The number of aromatic nitrogens is 1. The molecule has 0 spiro atoms. The summed E-state index contributed by atoms with van der Waals surface area (Å²) in [5.74, 6) is -0.310. The van der Waals surface area contributed by atoms with Crippen LogP contribution in [0.1, 0.15) is 11.1 Å². The quantitative estimate of drug-likeness (QED) is 0.718. The molecule has 24 heavy (non-hydrogen) atoms. The number of aliphatic carboxylic acids is 1. The molecule has 5 heteroatoms. The van der Waals surface area contributed by atoms with Gasteiger partial charge in [0.15, 0.2) is 0 Å². The van der Waals surface area contributed by atoms with Gasteiger partial charge in [-0.2, -0.15) is 0 Å². The number of rotatable bonds is 9. The number of nitrogens with zero attached hydrogens (tertiary/aromatic N) is 2. The molecule has 2 rings (SSSR count). The van der Waals surface area contributed by atoms with E-state index in [4.69, 9.17) is 4.74 Å². The van der Waals surface area contributed by atoms with Crippen LogP contribution in [0.15, 0.2) is 61.3 Å². The molecule has 1 heterocycles. The third kappa shape index (κ3) is 4.93. The Morgan fingerprint density at radius 2 is 2.04 bits per heavy atom. The van der Waals surface area contributed by atoms with Gasteiger partial charge in [0.1, 0.15) is 6.04 Å². The Labute approximate surface area is 142 Å². The minimum atomic E-state index is -0.845. The second-order valence-electron chi connectivity index (χ2n) is 5.47. The lowest BCUT2D eigenvalue weighted by Gasteiger charge is -2.28. The number of hydrogen-bond acceptors (Lipinski definition) is 4. The molecular formula is C19H22N2O3. The van der Waals surface area contributed by atoms with Gasteiger partial charge in [0.05, 0.1) is 7.11 Å². The topological polar surface area (TPSA) is 62.7 Å². The lowest BCUT2D eigenvalue weighted by atomic mass is 10.0. The summed E-state index contributed by atoms with van der Waals surface area (Å²) in [6.45, 7) is 4.71. The predicted molar refractivity (Wildman–Crippen MR) is 93.0 cm³/mol. The van der Waals surface area contributed by atoms with E-state index in [2.05, 4.69) is 11.6 Å². The van der Waals surface area contributed by atoms with Crippen LogP contribution in [0.2, 0.25) is 0 Å². The zero-order chi connectivity index (χ0) is 17.4. The fourth-order valence-corrected chi connectivity index (χ4v) is 2.54. The molecule has 1 atom stereocenters. The van der Waals surface area contributed by atoms with Crippen LogP contribution < -0.4 is 4.74 Å². The van der Waals surface area contributed by atoms with Crippen molar-refractivity contribution in [3.63, 3.8) is 0 Å². The van der Waals surface area contributed by atoms with Gasteiger partial charge in [-0.25, -0.2) is 4.98 Å². The van der Waals surface area contributed by atoms with Gasteiger partial charge in [0.2, 0.25) is 5.88 Å². The lowest BCUT2D eigenvalue weighted by Crippen LogP contribution is -2.42. The van der Waals surface area contributed by atoms with Crippen LogP contribution in [-0.4, -0.2) is 40.7 Å². The Hall–Kier alpha value is -2.66. The molecule has 0 saturated heterocycles. The van der Waals surface area contributed by atoms with Gasteiger partial charge in [0.25, 0.3) is 0 Å². The number of ether oxygens (including phenoxy) is 1. The second-order valence-corrected chi connectivity index (χ2v) is 5.47. The van der Waals surface area contributed by atoms with E-state index in [1.165, 1.54) is 0 Å². The highest BCUT2D eigenvalue weighted by Crippen LogP contribution is 2.15. The van der Waals surface area contributed by atoms with Gasteiger partial charge in [-0.05, 0) is 17.5 Å². The Morgan fingerprint density at radius 1 is 1.29 bits per heavy atom. The number of carboxylic acid groups (broad SMARTS) is 1. The number of hydrogen-bond donors (Lipinski definition) is 1. The molecule has 2 aromatic rings. The second kappa shape index (κ2) is 8.84. The molecule has 0 saturated carbocycles. The van der Waals surface area contributed by atoms with Crippen LogP contribution in [0.5, 0.6) is 5.88 Å². The Bertz CT molecular complexity index is 656. The van der Waals surface area contributed by atoms with Crippen molar-refractivity contribution >= 4 is 5.97 Å². The average Bonchev–Trinajstić information content (AvgIpc) is 2.60. The van der Waals surface area contributed by atoms with Crippen LogP contribution in [0.4, 0.5) is 0 Å². The highest BCUT2D eigenvalue weighted by atomic mass is 16.5. The van der Waals surface area contributed by atoms with Crippen LogP contribution in [-0.2, 0) is 17.8 Å². The molecule has 0 fully saturated rings. The fourth-order valence-electron chi connectivity index (χ4n) is 2.54. The minimum absolute atomic E-state index is 0.438. The largest absolute Gasteiger partial charge is 0.481 e. The number of methoxy groups -OCH3 is 1. The number of carboxylic acids is 1. The Kier molecular flexibility index (Phi) is 6.51. The standard InChI is InChI=1S/C19H22N2O3/c1-3-11-21(14-16-9-10-18(24-2)20-13-16)17(19(22)23)12-15-7-5-4-6-8-15/h3-10,13,17H,1,11-12,14H2,2H3,(H,22,23). The summed E-state index contributed by atoms with van der Waals surface area (Å²) in [7, 11) is 1.56. The van der Waals surface area contributed by atoms with E-state index in [1.54, 1.807) is 25.4 Å². The first-order valence-electron chi connectivity index (χ1n) is 7.74. The first-order valence-corrected chi connectivity index (χ1v) is 7.74. The maximum absolute atomic E-state index is 11.8. The molecule has 0 aliphatic carbocycles. The molecule has 0 bridgehead atoms. The van der Waals surface area contributed by atoms with Gasteiger partial charge in [-0.3, -0.25) is 9.69 Å². The summed E-state index contributed by atoms with van der Waals surface area (Å²) in [5, 5.41) is 9.68. The molecule has 1 unspecified atom stereocenters. The van der Waals surface area contributed by atoms with Crippen LogP contribution in [0, 0.1) is 0 Å². The third-order valence-electron chi connectivity index (χ3n) is 3.75. The first-order chi connectivity index (χ1) is 11.6. The lowest BCUT2D eigenvalue weighted by molar-refractivity contribution is -0.143. The minimum Gasteiger partial charge on any atom is -0.481 e. The Balaban J connectivity index is 2.17. The third-order valence-corrected chi connectivity index (χ3v) is 3.75. The van der Waals surface area contributed by atoms with Gasteiger partial charge < -0.3 is 9.84 Å². The van der Waals surface area contributed by atoms with Crippen molar-refractivity contribution in [3.8, 4) is 5.88 Å². The van der Waals surface area contributed by atoms with E-state index in [1.807, 2.05) is 41.3 Å². The zero-order valence-electron chi connectivity index (χ0n) is 13.8. The summed E-state index contributed by atoms with van der Waals surface area (Å²) in [6, 6.07) is 12.7. The molecule has 5 nitrogen and oxygen atoms in total. The molecule has 0 amide bonds. The van der Waals surface area contributed by atoms with E-state index in [9.17, 15) is 9.90 Å². The SMILES string of the molecule is C=CCN(Cc1ccc(OC)nc1)C(Cc1ccccc1)C(=O)O. The van der Waals surface area contributed by atoms with Crippen molar-refractivity contribution in [2.45, 2.75) is 19.0 Å². The van der Waals surface area contributed by atoms with E-state index in [0.29, 0.717) is 25.4 Å². The summed E-state index contributed by atoms with van der Waals surface area (Å²) in [5.41, 5.74) is 1.92. The normalized spacial score (nSPS) is 11.9. The molecule has 1 aromatic carbocycles. The summed E-state index contributed by atoms with van der Waals surface area (Å²) in [4.78, 5) is 17.9. The van der Waals surface area contributed by atoms with E-state index >= 15 is 0 Å². The number of carbonyl (C=O) groups is 1. The van der Waals surface area contributed by atoms with Crippen molar-refractivity contribution in [1.82, 2.24) is 9.88 Å². The summed E-state index contributed by atoms with van der Waals surface area (Å²) >= 11 is 0. The summed E-state index contributed by atoms with van der Waals surface area (Å²) < 4.78 is 5.05. The van der Waals surface area contributed by atoms with Crippen molar-refractivity contribution in [1.29, 1.82) is 0 Å². The van der Waals surface area contributed by atoms with Gasteiger partial charge in [-0.15, -0.1) is 6.58 Å². The summed E-state index contributed by atoms with van der Waals surface area (Å²) in [6.07, 6.45) is 3.86. The molecule has 0 aliphatic rings. The molecule has 1 aromatic heterocycles. The molecule has 126 valence electrons. The van der Waals surface area contributed by atoms with Gasteiger partial charge in [-0.1, -0.05) is 42.5 Å². The first kappa shape index (κ1) is 17.7. The monoisotopic (exact) mass is 326 g/mol. The van der Waals surface area contributed by atoms with E-state index < -0.39 is 12.0 Å². The van der Waals surface area contributed by atoms with Crippen molar-refractivity contribution in [2.24, 2.45) is 0 Å². The molecular weight excluding hydrogens is 304 g/mol. The predicted octanol–water partition coefficient (Wildman–Crippen LogP) is 2.77. The van der Waals surface area contributed by atoms with Crippen molar-refractivity contribution < 1.29 is 14.6 Å². The number of benzene rings is 1. The van der Waals surface area contributed by atoms with Crippen LogP contribution in [0.3, 0.4) is 0 Å². The molecule has 0 aliphatic heterocycles. The molecule has 0 radical (unpaired) electrons. The fraction of sp³-hybridized carbons (Fsp3) is 0.263. The van der Waals surface area contributed by atoms with Gasteiger partial charge >= 0.3 is 5.97 Å². The van der Waals surface area contributed by atoms with Gasteiger partial charge in [0, 0.05) is 25.4 Å². The smallest absolute Gasteiger partial charge is 0.321 e. The van der Waals surface area contributed by atoms with Crippen molar-refractivity contribution in [2.75, 3.05) is 13.7 Å². The zero-order valence-corrected chi connectivity index (χ0v) is 13.8. The van der Waals surface area contributed by atoms with Crippen LogP contribution in [0.25, 0.3) is 0 Å². The Morgan fingerprint density at radius 3 is 2.58 bits per heavy atom. The maximum atomic E-state index is 11.8.